The molecule has 0 aromatic carbocycles. The largest absolute Gasteiger partial charge is 0.336 e. The Hall–Kier alpha value is -2.49. The summed E-state index contributed by atoms with van der Waals surface area (Å²) in [7, 11) is -1.95. The third kappa shape index (κ3) is 2.44. The van der Waals surface area contributed by atoms with Crippen LogP contribution in [0.1, 0.15) is 6.92 Å². The monoisotopic (exact) mass is 307 g/mol. The molecule has 0 aliphatic carbocycles. The molecule has 21 heavy (non-hydrogen) atoms. The van der Waals surface area contributed by atoms with Gasteiger partial charge in [0, 0.05) is 24.8 Å². The first kappa shape index (κ1) is 13.5. The number of sulfonamides is 1. The lowest BCUT2D eigenvalue weighted by Gasteiger charge is -2.04. The molecule has 0 amide bonds. The van der Waals surface area contributed by atoms with Gasteiger partial charge in [-0.25, -0.2) is 18.1 Å². The summed E-state index contributed by atoms with van der Waals surface area (Å²) in [4.78, 5) is 5.49. The summed E-state index contributed by atoms with van der Waals surface area (Å²) < 4.78 is 28.6. The minimum absolute atomic E-state index is 0.0500. The van der Waals surface area contributed by atoms with Crippen LogP contribution in [0.3, 0.4) is 0 Å². The van der Waals surface area contributed by atoms with E-state index in [9.17, 15) is 8.42 Å². The predicted molar refractivity (Wildman–Crippen MR) is 75.0 cm³/mol. The van der Waals surface area contributed by atoms with E-state index in [1.807, 2.05) is 24.7 Å². The SMILES string of the molecule is CCn1nnc(NS(=O)(=O)c2cnc3c(ccn3C)c2)n1. The van der Waals surface area contributed by atoms with E-state index in [2.05, 4.69) is 25.1 Å². The molecule has 0 unspecified atom stereocenters. The van der Waals surface area contributed by atoms with Crippen molar-refractivity contribution >= 4 is 27.0 Å². The first-order valence-corrected chi connectivity index (χ1v) is 7.69. The summed E-state index contributed by atoms with van der Waals surface area (Å²) in [5, 5.41) is 12.0. The highest BCUT2D eigenvalue weighted by molar-refractivity contribution is 7.92. The smallest absolute Gasteiger partial charge is 0.277 e. The van der Waals surface area contributed by atoms with Crippen molar-refractivity contribution in [3.05, 3.63) is 24.5 Å². The van der Waals surface area contributed by atoms with E-state index < -0.39 is 10.0 Å². The summed E-state index contributed by atoms with van der Waals surface area (Å²) in [5.74, 6) is -0.0648. The molecule has 3 aromatic rings. The molecule has 0 aliphatic heterocycles. The molecular weight excluding hydrogens is 294 g/mol. The molecule has 0 aliphatic rings. The van der Waals surface area contributed by atoms with Gasteiger partial charge in [0.15, 0.2) is 0 Å². The van der Waals surface area contributed by atoms with E-state index in [0.29, 0.717) is 12.2 Å². The number of aryl methyl sites for hydroxylation is 2. The maximum atomic E-state index is 12.3. The molecule has 0 atom stereocenters. The lowest BCUT2D eigenvalue weighted by Crippen LogP contribution is -2.14. The first-order valence-electron chi connectivity index (χ1n) is 6.21. The van der Waals surface area contributed by atoms with Crippen LogP contribution in [0.25, 0.3) is 11.0 Å². The van der Waals surface area contributed by atoms with Gasteiger partial charge in [0.2, 0.25) is 0 Å². The molecule has 3 aromatic heterocycles. The van der Waals surface area contributed by atoms with Gasteiger partial charge < -0.3 is 4.57 Å². The number of rotatable bonds is 4. The number of hydrogen-bond acceptors (Lipinski definition) is 6. The Morgan fingerprint density at radius 2 is 2.19 bits per heavy atom. The van der Waals surface area contributed by atoms with Crippen molar-refractivity contribution < 1.29 is 8.42 Å². The standard InChI is InChI=1S/C11H13N7O2S/c1-3-18-14-11(13-16-18)15-21(19,20)9-6-8-4-5-17(2)10(8)12-7-9/h4-7H,3H2,1-2H3,(H,14,15). The van der Waals surface area contributed by atoms with Gasteiger partial charge in [0.05, 0.1) is 6.54 Å². The van der Waals surface area contributed by atoms with Crippen molar-refractivity contribution in [3.8, 4) is 0 Å². The fourth-order valence-corrected chi connectivity index (χ4v) is 2.79. The molecule has 110 valence electrons. The number of pyridine rings is 1. The molecule has 9 nitrogen and oxygen atoms in total. The number of nitrogens with zero attached hydrogens (tertiary/aromatic N) is 6. The Bertz CT molecular complexity index is 896. The topological polar surface area (TPSA) is 108 Å². The molecule has 0 saturated carbocycles. The van der Waals surface area contributed by atoms with Crippen LogP contribution in [0.4, 0.5) is 5.95 Å². The zero-order chi connectivity index (χ0) is 15.0. The van der Waals surface area contributed by atoms with Crippen molar-refractivity contribution in [2.24, 2.45) is 7.05 Å². The van der Waals surface area contributed by atoms with Crippen molar-refractivity contribution in [1.29, 1.82) is 0 Å². The van der Waals surface area contributed by atoms with E-state index in [1.165, 1.54) is 11.0 Å². The third-order valence-corrected chi connectivity index (χ3v) is 4.25. The van der Waals surface area contributed by atoms with Gasteiger partial charge in [-0.05, 0) is 24.3 Å². The zero-order valence-electron chi connectivity index (χ0n) is 11.4. The lowest BCUT2D eigenvalue weighted by molar-refractivity contribution is 0.553. The quantitative estimate of drug-likeness (QED) is 0.746. The van der Waals surface area contributed by atoms with Crippen molar-refractivity contribution in [2.75, 3.05) is 4.72 Å². The second kappa shape index (κ2) is 4.81. The molecule has 3 rings (SSSR count). The van der Waals surface area contributed by atoms with Crippen molar-refractivity contribution in [3.63, 3.8) is 0 Å². The molecular formula is C11H13N7O2S. The Labute approximate surface area is 120 Å². The highest BCUT2D eigenvalue weighted by Crippen LogP contribution is 2.18. The Morgan fingerprint density at radius 3 is 2.90 bits per heavy atom. The first-order chi connectivity index (χ1) is 9.99. The maximum Gasteiger partial charge on any atom is 0.277 e. The second-order valence-corrected chi connectivity index (χ2v) is 6.10. The van der Waals surface area contributed by atoms with Crippen LogP contribution in [0.2, 0.25) is 0 Å². The van der Waals surface area contributed by atoms with E-state index in [0.717, 1.165) is 5.39 Å². The molecule has 1 N–H and O–H groups in total. The van der Waals surface area contributed by atoms with Crippen LogP contribution in [-0.2, 0) is 23.6 Å². The summed E-state index contributed by atoms with van der Waals surface area (Å²) >= 11 is 0. The van der Waals surface area contributed by atoms with Crippen molar-refractivity contribution in [1.82, 2.24) is 29.8 Å². The van der Waals surface area contributed by atoms with Crippen LogP contribution < -0.4 is 4.72 Å². The number of hydrogen-bond donors (Lipinski definition) is 1. The van der Waals surface area contributed by atoms with E-state index in [1.54, 1.807) is 12.1 Å². The number of aromatic nitrogens is 6. The summed E-state index contributed by atoms with van der Waals surface area (Å²) in [6, 6.07) is 3.35. The van der Waals surface area contributed by atoms with Crippen LogP contribution in [0.15, 0.2) is 29.4 Å². The Morgan fingerprint density at radius 1 is 1.38 bits per heavy atom. The Kier molecular flexibility index (Phi) is 3.09. The van der Waals surface area contributed by atoms with Crippen molar-refractivity contribution in [2.45, 2.75) is 18.4 Å². The fraction of sp³-hybridized carbons (Fsp3) is 0.273. The molecule has 3 heterocycles. The van der Waals surface area contributed by atoms with E-state index in [-0.39, 0.29) is 10.8 Å². The zero-order valence-corrected chi connectivity index (χ0v) is 12.2. The van der Waals surface area contributed by atoms with Gasteiger partial charge in [-0.1, -0.05) is 5.10 Å². The molecule has 0 spiro atoms. The van der Waals surface area contributed by atoms with Gasteiger partial charge >= 0.3 is 0 Å². The van der Waals surface area contributed by atoms with Crippen LogP contribution in [-0.4, -0.2) is 38.2 Å². The van der Waals surface area contributed by atoms with E-state index in [4.69, 9.17) is 0 Å². The lowest BCUT2D eigenvalue weighted by atomic mass is 10.3. The van der Waals surface area contributed by atoms with Gasteiger partial charge in [0.25, 0.3) is 16.0 Å². The number of anilines is 1. The molecule has 10 heteroatoms. The molecule has 0 radical (unpaired) electrons. The average Bonchev–Trinajstić information content (AvgIpc) is 3.05. The third-order valence-electron chi connectivity index (χ3n) is 2.95. The minimum atomic E-state index is -3.79. The minimum Gasteiger partial charge on any atom is -0.336 e. The normalized spacial score (nSPS) is 11.9. The molecule has 0 fully saturated rings. The molecule has 0 saturated heterocycles. The van der Waals surface area contributed by atoms with Gasteiger partial charge in [0.1, 0.15) is 10.5 Å². The second-order valence-electron chi connectivity index (χ2n) is 4.42. The fourth-order valence-electron chi connectivity index (χ4n) is 1.88. The predicted octanol–water partition coefficient (Wildman–Crippen LogP) is 0.380. The number of nitrogens with one attached hydrogen (secondary N) is 1. The molecule has 0 bridgehead atoms. The summed E-state index contributed by atoms with van der Waals surface area (Å²) in [6.45, 7) is 2.33. The van der Waals surface area contributed by atoms with Crippen LogP contribution in [0.5, 0.6) is 0 Å². The van der Waals surface area contributed by atoms with Gasteiger partial charge in [-0.2, -0.15) is 4.80 Å². The maximum absolute atomic E-state index is 12.3. The van der Waals surface area contributed by atoms with Gasteiger partial charge in [-0.15, -0.1) is 5.10 Å². The Balaban J connectivity index is 1.95. The average molecular weight is 307 g/mol. The van der Waals surface area contributed by atoms with Crippen LogP contribution >= 0.6 is 0 Å². The van der Waals surface area contributed by atoms with Gasteiger partial charge in [-0.3, -0.25) is 0 Å². The highest BCUT2D eigenvalue weighted by Gasteiger charge is 2.18. The van der Waals surface area contributed by atoms with Crippen LogP contribution in [0, 0.1) is 0 Å². The number of fused-ring (bicyclic) bond motifs is 1. The highest BCUT2D eigenvalue weighted by atomic mass is 32.2. The van der Waals surface area contributed by atoms with E-state index >= 15 is 0 Å². The summed E-state index contributed by atoms with van der Waals surface area (Å²) in [5.41, 5.74) is 0.712. The summed E-state index contributed by atoms with van der Waals surface area (Å²) in [6.07, 6.45) is 3.12. The number of tetrazole rings is 1.